The number of nitrogens with zero attached hydrogens (tertiary/aromatic N) is 1. The van der Waals surface area contributed by atoms with Crippen LogP contribution < -0.4 is 9.64 Å². The van der Waals surface area contributed by atoms with Crippen molar-refractivity contribution in [2.75, 3.05) is 4.90 Å². The highest BCUT2D eigenvalue weighted by Crippen LogP contribution is 2.39. The number of benzene rings is 2. The Kier molecular flexibility index (Phi) is 4.09. The van der Waals surface area contributed by atoms with Gasteiger partial charge in [0.2, 0.25) is 0 Å². The first-order chi connectivity index (χ1) is 11.3. The van der Waals surface area contributed by atoms with Crippen LogP contribution in [0.15, 0.2) is 46.9 Å². The number of carboxylic acids is 1. The zero-order chi connectivity index (χ0) is 17.5. The SMILES string of the molecule is CC1(C)Oc2ccc(C(=O)O)cc2N(Cc2ccc(Br)cc2)C1=O. The van der Waals surface area contributed by atoms with Gasteiger partial charge in [0.25, 0.3) is 5.91 Å². The highest BCUT2D eigenvalue weighted by Gasteiger charge is 2.41. The summed E-state index contributed by atoms with van der Waals surface area (Å²) in [5, 5.41) is 9.21. The van der Waals surface area contributed by atoms with E-state index in [1.807, 2.05) is 24.3 Å². The van der Waals surface area contributed by atoms with E-state index in [2.05, 4.69) is 15.9 Å². The summed E-state index contributed by atoms with van der Waals surface area (Å²) in [6.07, 6.45) is 0. The molecule has 2 aromatic rings. The number of hydrogen-bond acceptors (Lipinski definition) is 3. The molecule has 6 heteroatoms. The molecule has 0 fully saturated rings. The van der Waals surface area contributed by atoms with Gasteiger partial charge in [-0.15, -0.1) is 0 Å². The third-order valence-corrected chi connectivity index (χ3v) is 4.40. The maximum Gasteiger partial charge on any atom is 0.335 e. The molecule has 1 amide bonds. The van der Waals surface area contributed by atoms with Crippen LogP contribution in [0, 0.1) is 0 Å². The highest BCUT2D eigenvalue weighted by atomic mass is 79.9. The van der Waals surface area contributed by atoms with Crippen LogP contribution in [-0.4, -0.2) is 22.6 Å². The van der Waals surface area contributed by atoms with Gasteiger partial charge >= 0.3 is 5.97 Å². The number of aromatic carboxylic acids is 1. The minimum Gasteiger partial charge on any atom is -0.478 e. The molecule has 5 nitrogen and oxygen atoms in total. The molecule has 3 rings (SSSR count). The maximum absolute atomic E-state index is 12.8. The molecule has 1 N–H and O–H groups in total. The van der Waals surface area contributed by atoms with Gasteiger partial charge in [0.1, 0.15) is 5.75 Å². The molecular formula is C18H16BrNO4. The molecule has 1 aliphatic heterocycles. The molecule has 0 atom stereocenters. The van der Waals surface area contributed by atoms with E-state index >= 15 is 0 Å². The summed E-state index contributed by atoms with van der Waals surface area (Å²) >= 11 is 3.39. The molecule has 0 spiro atoms. The van der Waals surface area contributed by atoms with Crippen LogP contribution >= 0.6 is 15.9 Å². The Morgan fingerprint density at radius 3 is 2.50 bits per heavy atom. The lowest BCUT2D eigenvalue weighted by Crippen LogP contribution is -2.52. The Morgan fingerprint density at radius 2 is 1.88 bits per heavy atom. The summed E-state index contributed by atoms with van der Waals surface area (Å²) in [6.45, 7) is 3.75. The lowest BCUT2D eigenvalue weighted by molar-refractivity contribution is -0.132. The number of carboxylic acid groups (broad SMARTS) is 1. The second-order valence-corrected chi connectivity index (χ2v) is 7.03. The molecule has 0 saturated carbocycles. The first-order valence-corrected chi connectivity index (χ1v) is 8.20. The molecule has 0 unspecified atom stereocenters. The van der Waals surface area contributed by atoms with E-state index in [-0.39, 0.29) is 11.5 Å². The number of rotatable bonds is 3. The minimum absolute atomic E-state index is 0.116. The van der Waals surface area contributed by atoms with Crippen molar-refractivity contribution in [3.63, 3.8) is 0 Å². The molecule has 0 bridgehead atoms. The Labute approximate surface area is 148 Å². The smallest absolute Gasteiger partial charge is 0.335 e. The standard InChI is InChI=1S/C18H16BrNO4/c1-18(2)17(23)20(10-11-3-6-13(19)7-4-11)14-9-12(16(21)22)5-8-15(14)24-18/h3-9H,10H2,1-2H3,(H,21,22). The van der Waals surface area contributed by atoms with Crippen LogP contribution in [0.2, 0.25) is 0 Å². The van der Waals surface area contributed by atoms with Gasteiger partial charge in [-0.2, -0.15) is 0 Å². The van der Waals surface area contributed by atoms with E-state index < -0.39 is 11.6 Å². The Balaban J connectivity index is 2.05. The molecule has 2 aromatic carbocycles. The van der Waals surface area contributed by atoms with Crippen molar-refractivity contribution in [1.29, 1.82) is 0 Å². The van der Waals surface area contributed by atoms with Crippen molar-refractivity contribution in [3.8, 4) is 5.75 Å². The number of amides is 1. The van der Waals surface area contributed by atoms with Crippen molar-refractivity contribution in [3.05, 3.63) is 58.1 Å². The second kappa shape index (κ2) is 5.94. The van der Waals surface area contributed by atoms with E-state index in [0.29, 0.717) is 18.0 Å². The lowest BCUT2D eigenvalue weighted by Gasteiger charge is -2.39. The van der Waals surface area contributed by atoms with E-state index in [0.717, 1.165) is 10.0 Å². The predicted molar refractivity (Wildman–Crippen MR) is 93.4 cm³/mol. The summed E-state index contributed by atoms with van der Waals surface area (Å²) in [6, 6.07) is 12.2. The number of carbonyl (C=O) groups excluding carboxylic acids is 1. The van der Waals surface area contributed by atoms with Crippen LogP contribution in [-0.2, 0) is 11.3 Å². The Morgan fingerprint density at radius 1 is 1.21 bits per heavy atom. The third-order valence-electron chi connectivity index (χ3n) is 3.88. The summed E-state index contributed by atoms with van der Waals surface area (Å²) in [4.78, 5) is 25.6. The van der Waals surface area contributed by atoms with Crippen molar-refractivity contribution in [1.82, 2.24) is 0 Å². The number of ether oxygens (including phenoxy) is 1. The molecule has 0 aromatic heterocycles. The summed E-state index contributed by atoms with van der Waals surface area (Å²) in [5.41, 5.74) is 0.524. The van der Waals surface area contributed by atoms with Gasteiger partial charge in [0.15, 0.2) is 5.60 Å². The summed E-state index contributed by atoms with van der Waals surface area (Å²) in [7, 11) is 0. The lowest BCUT2D eigenvalue weighted by atomic mass is 10.0. The van der Waals surface area contributed by atoms with Crippen LogP contribution in [0.25, 0.3) is 0 Å². The maximum atomic E-state index is 12.8. The summed E-state index contributed by atoms with van der Waals surface area (Å²) in [5.74, 6) is -0.749. The number of fused-ring (bicyclic) bond motifs is 1. The van der Waals surface area contributed by atoms with E-state index in [1.165, 1.54) is 12.1 Å². The number of anilines is 1. The monoisotopic (exact) mass is 389 g/mol. The number of hydrogen-bond donors (Lipinski definition) is 1. The first-order valence-electron chi connectivity index (χ1n) is 7.41. The van der Waals surface area contributed by atoms with Crippen LogP contribution in [0.3, 0.4) is 0 Å². The molecular weight excluding hydrogens is 374 g/mol. The zero-order valence-electron chi connectivity index (χ0n) is 13.2. The van der Waals surface area contributed by atoms with Gasteiger partial charge in [-0.1, -0.05) is 28.1 Å². The predicted octanol–water partition coefficient (Wildman–Crippen LogP) is 3.85. The average Bonchev–Trinajstić information content (AvgIpc) is 2.53. The van der Waals surface area contributed by atoms with Gasteiger partial charge in [0, 0.05) is 4.47 Å². The van der Waals surface area contributed by atoms with Gasteiger partial charge < -0.3 is 14.7 Å². The largest absolute Gasteiger partial charge is 0.478 e. The van der Waals surface area contributed by atoms with Crippen LogP contribution in [0.1, 0.15) is 29.8 Å². The Hall–Kier alpha value is -2.34. The fourth-order valence-corrected chi connectivity index (χ4v) is 2.89. The summed E-state index contributed by atoms with van der Waals surface area (Å²) < 4.78 is 6.71. The van der Waals surface area contributed by atoms with Crippen molar-refractivity contribution < 1.29 is 19.4 Å². The van der Waals surface area contributed by atoms with Crippen LogP contribution in [0.5, 0.6) is 5.75 Å². The quantitative estimate of drug-likeness (QED) is 0.865. The molecule has 0 saturated heterocycles. The van der Waals surface area contributed by atoms with Crippen molar-refractivity contribution in [2.24, 2.45) is 0 Å². The second-order valence-electron chi connectivity index (χ2n) is 6.12. The minimum atomic E-state index is -1.04. The highest BCUT2D eigenvalue weighted by molar-refractivity contribution is 9.10. The van der Waals surface area contributed by atoms with Crippen molar-refractivity contribution in [2.45, 2.75) is 26.0 Å². The molecule has 124 valence electrons. The van der Waals surface area contributed by atoms with Gasteiger partial charge in [-0.25, -0.2) is 4.79 Å². The van der Waals surface area contributed by atoms with Gasteiger partial charge in [-0.3, -0.25) is 4.79 Å². The first kappa shape index (κ1) is 16.5. The van der Waals surface area contributed by atoms with Crippen molar-refractivity contribution >= 4 is 33.5 Å². The molecule has 0 aliphatic carbocycles. The zero-order valence-corrected chi connectivity index (χ0v) is 14.8. The van der Waals surface area contributed by atoms with E-state index in [4.69, 9.17) is 4.74 Å². The Bertz CT molecular complexity index is 814. The average molecular weight is 390 g/mol. The van der Waals surface area contributed by atoms with Gasteiger partial charge in [-0.05, 0) is 49.7 Å². The number of carbonyl (C=O) groups is 2. The fraction of sp³-hybridized carbons (Fsp3) is 0.222. The fourth-order valence-electron chi connectivity index (χ4n) is 2.63. The van der Waals surface area contributed by atoms with Gasteiger partial charge in [0.05, 0.1) is 17.8 Å². The topological polar surface area (TPSA) is 66.8 Å². The number of halogens is 1. The molecule has 1 aliphatic rings. The molecule has 0 radical (unpaired) electrons. The third kappa shape index (κ3) is 3.01. The molecule has 24 heavy (non-hydrogen) atoms. The molecule has 1 heterocycles. The van der Waals surface area contributed by atoms with E-state index in [1.54, 1.807) is 24.8 Å². The normalized spacial score (nSPS) is 15.6. The van der Waals surface area contributed by atoms with Crippen LogP contribution in [0.4, 0.5) is 5.69 Å². The van der Waals surface area contributed by atoms with E-state index in [9.17, 15) is 14.7 Å².